The van der Waals surface area contributed by atoms with E-state index in [-0.39, 0.29) is 11.5 Å². The smallest absolute Gasteiger partial charge is 0.406 e. The van der Waals surface area contributed by atoms with E-state index < -0.39 is 12.3 Å². The monoisotopic (exact) mass is 436 g/mol. The van der Waals surface area contributed by atoms with Crippen LogP contribution in [0, 0.1) is 0 Å². The number of ketones is 1. The number of ether oxygens (including phenoxy) is 1. The highest BCUT2D eigenvalue weighted by Gasteiger charge is 2.31. The summed E-state index contributed by atoms with van der Waals surface area (Å²) in [4.78, 5) is 27.5. The number of nitrogens with zero attached hydrogens (tertiary/aromatic N) is 3. The molecule has 0 spiro atoms. The summed E-state index contributed by atoms with van der Waals surface area (Å²) in [6, 6.07) is 6.83. The van der Waals surface area contributed by atoms with Crippen molar-refractivity contribution in [3.8, 4) is 5.75 Å². The molecule has 1 N–H and O–H groups in total. The maximum atomic E-state index is 12.3. The normalized spacial score (nSPS) is 11.6. The molecule has 7 nitrogen and oxygen atoms in total. The molecule has 1 aromatic carbocycles. The molecule has 0 saturated heterocycles. The molecule has 0 aliphatic carbocycles. The first-order chi connectivity index (χ1) is 14.2. The Labute approximate surface area is 172 Å². The number of thiazole rings is 1. The number of anilines is 1. The molecule has 0 radical (unpaired) electrons. The second-order valence-corrected chi connectivity index (χ2v) is 6.97. The van der Waals surface area contributed by atoms with Gasteiger partial charge in [-0.3, -0.25) is 14.3 Å². The number of aromatic nitrogens is 3. The van der Waals surface area contributed by atoms with Crippen molar-refractivity contribution < 1.29 is 27.5 Å². The molecule has 2 heterocycles. The SMILES string of the molecule is CC(=O)c1csc(Cn2ccc(NC(=O)/C=C/c3cccc(OC(F)(F)F)c3)n2)n1. The van der Waals surface area contributed by atoms with Gasteiger partial charge in [0.2, 0.25) is 5.91 Å². The average Bonchev–Trinajstić information content (AvgIpc) is 3.29. The second kappa shape index (κ2) is 8.91. The van der Waals surface area contributed by atoms with Crippen molar-refractivity contribution in [2.75, 3.05) is 5.32 Å². The summed E-state index contributed by atoms with van der Waals surface area (Å²) < 4.78 is 42.2. The van der Waals surface area contributed by atoms with Crippen LogP contribution in [0.15, 0.2) is 48.0 Å². The van der Waals surface area contributed by atoms with Gasteiger partial charge in [-0.15, -0.1) is 24.5 Å². The van der Waals surface area contributed by atoms with Crippen molar-refractivity contribution in [1.29, 1.82) is 0 Å². The van der Waals surface area contributed by atoms with E-state index >= 15 is 0 Å². The molecule has 30 heavy (non-hydrogen) atoms. The number of carbonyl (C=O) groups is 2. The largest absolute Gasteiger partial charge is 0.573 e. The Hall–Kier alpha value is -3.47. The Morgan fingerprint density at radius 1 is 1.30 bits per heavy atom. The van der Waals surface area contributed by atoms with Gasteiger partial charge in [-0.2, -0.15) is 5.10 Å². The Balaban J connectivity index is 1.57. The molecule has 0 aliphatic rings. The molecular formula is C19H15F3N4O3S. The van der Waals surface area contributed by atoms with Gasteiger partial charge in [-0.05, 0) is 23.8 Å². The number of hydrogen-bond acceptors (Lipinski definition) is 6. The van der Waals surface area contributed by atoms with Crippen LogP contribution in [0.2, 0.25) is 0 Å². The highest BCUT2D eigenvalue weighted by atomic mass is 32.1. The van der Waals surface area contributed by atoms with E-state index in [1.165, 1.54) is 48.6 Å². The van der Waals surface area contributed by atoms with Gasteiger partial charge in [0.05, 0.1) is 6.54 Å². The summed E-state index contributed by atoms with van der Waals surface area (Å²) in [5, 5.41) is 9.12. The lowest BCUT2D eigenvalue weighted by atomic mass is 10.2. The first-order valence-electron chi connectivity index (χ1n) is 8.51. The molecule has 0 saturated carbocycles. The summed E-state index contributed by atoms with van der Waals surface area (Å²) in [7, 11) is 0. The van der Waals surface area contributed by atoms with Crippen molar-refractivity contribution in [2.24, 2.45) is 0 Å². The van der Waals surface area contributed by atoms with E-state index in [0.29, 0.717) is 28.6 Å². The minimum Gasteiger partial charge on any atom is -0.406 e. The third-order valence-electron chi connectivity index (χ3n) is 3.62. The van der Waals surface area contributed by atoms with Crippen molar-refractivity contribution in [1.82, 2.24) is 14.8 Å². The predicted molar refractivity (Wildman–Crippen MR) is 104 cm³/mol. The van der Waals surface area contributed by atoms with Gasteiger partial charge < -0.3 is 10.1 Å². The van der Waals surface area contributed by atoms with Gasteiger partial charge in [0.25, 0.3) is 0 Å². The van der Waals surface area contributed by atoms with Crippen molar-refractivity contribution in [3.63, 3.8) is 0 Å². The van der Waals surface area contributed by atoms with Gasteiger partial charge in [-0.1, -0.05) is 12.1 Å². The second-order valence-electron chi connectivity index (χ2n) is 6.02. The summed E-state index contributed by atoms with van der Waals surface area (Å²) in [6.45, 7) is 1.78. The van der Waals surface area contributed by atoms with E-state index in [1.54, 1.807) is 22.3 Å². The molecule has 0 bridgehead atoms. The molecule has 3 rings (SSSR count). The number of Topliss-reactive ketones (excluding diaryl/α,β-unsaturated/α-hetero) is 1. The van der Waals surface area contributed by atoms with Crippen LogP contribution in [0.5, 0.6) is 5.75 Å². The lowest BCUT2D eigenvalue weighted by molar-refractivity contribution is -0.274. The summed E-state index contributed by atoms with van der Waals surface area (Å²) in [5.74, 6) is -0.704. The fourth-order valence-electron chi connectivity index (χ4n) is 2.36. The summed E-state index contributed by atoms with van der Waals surface area (Å²) in [5.41, 5.74) is 0.757. The Morgan fingerprint density at radius 3 is 2.80 bits per heavy atom. The number of benzene rings is 1. The Kier molecular flexibility index (Phi) is 6.31. The average molecular weight is 436 g/mol. The maximum absolute atomic E-state index is 12.3. The van der Waals surface area contributed by atoms with E-state index in [1.807, 2.05) is 0 Å². The van der Waals surface area contributed by atoms with Crippen molar-refractivity contribution in [2.45, 2.75) is 19.8 Å². The summed E-state index contributed by atoms with van der Waals surface area (Å²) in [6.07, 6.45) is -0.614. The van der Waals surface area contributed by atoms with Gasteiger partial charge in [0.1, 0.15) is 16.5 Å². The fourth-order valence-corrected chi connectivity index (χ4v) is 3.18. The van der Waals surface area contributed by atoms with Crippen LogP contribution in [-0.4, -0.2) is 32.8 Å². The molecule has 1 amide bonds. The third kappa shape index (κ3) is 6.27. The number of nitrogens with one attached hydrogen (secondary N) is 1. The van der Waals surface area contributed by atoms with E-state index in [0.717, 1.165) is 6.07 Å². The number of alkyl halides is 3. The van der Waals surface area contributed by atoms with Crippen LogP contribution in [0.1, 0.15) is 28.0 Å². The molecule has 0 unspecified atom stereocenters. The minimum absolute atomic E-state index is 0.117. The van der Waals surface area contributed by atoms with Crippen LogP contribution in [-0.2, 0) is 11.3 Å². The zero-order chi connectivity index (χ0) is 21.7. The molecule has 0 aliphatic heterocycles. The van der Waals surface area contributed by atoms with Crippen LogP contribution in [0.25, 0.3) is 6.08 Å². The lowest BCUT2D eigenvalue weighted by Gasteiger charge is -2.08. The third-order valence-corrected chi connectivity index (χ3v) is 4.45. The Bertz CT molecular complexity index is 1090. The molecule has 3 aromatic rings. The highest BCUT2D eigenvalue weighted by Crippen LogP contribution is 2.23. The van der Waals surface area contributed by atoms with Crippen LogP contribution >= 0.6 is 11.3 Å². The standard InChI is InChI=1S/C19H15F3N4O3S/c1-12(27)15-11-30-18(23-15)10-26-8-7-16(25-26)24-17(28)6-5-13-3-2-4-14(9-13)29-19(20,21)22/h2-9,11H,10H2,1H3,(H,24,25,28)/b6-5+. The predicted octanol–water partition coefficient (Wildman–Crippen LogP) is 4.14. The van der Waals surface area contributed by atoms with Crippen LogP contribution in [0.4, 0.5) is 19.0 Å². The van der Waals surface area contributed by atoms with Crippen molar-refractivity contribution >= 4 is 34.9 Å². The van der Waals surface area contributed by atoms with Crippen LogP contribution < -0.4 is 10.1 Å². The number of halogens is 3. The summed E-state index contributed by atoms with van der Waals surface area (Å²) >= 11 is 1.33. The molecular weight excluding hydrogens is 421 g/mol. The van der Waals surface area contributed by atoms with Crippen molar-refractivity contribution in [3.05, 3.63) is 64.2 Å². The Morgan fingerprint density at radius 2 is 2.10 bits per heavy atom. The number of carbonyl (C=O) groups excluding carboxylic acids is 2. The topological polar surface area (TPSA) is 86.1 Å². The number of hydrogen-bond donors (Lipinski definition) is 1. The molecule has 11 heteroatoms. The lowest BCUT2D eigenvalue weighted by Crippen LogP contribution is -2.17. The first-order valence-corrected chi connectivity index (χ1v) is 9.39. The number of amides is 1. The zero-order valence-electron chi connectivity index (χ0n) is 15.5. The van der Waals surface area contributed by atoms with Gasteiger partial charge in [0, 0.05) is 30.6 Å². The van der Waals surface area contributed by atoms with Gasteiger partial charge in [-0.25, -0.2) is 4.98 Å². The quantitative estimate of drug-likeness (QED) is 0.444. The zero-order valence-corrected chi connectivity index (χ0v) is 16.3. The molecule has 0 atom stereocenters. The number of rotatable bonds is 7. The molecule has 156 valence electrons. The van der Waals surface area contributed by atoms with E-state index in [9.17, 15) is 22.8 Å². The van der Waals surface area contributed by atoms with E-state index in [2.05, 4.69) is 20.1 Å². The van der Waals surface area contributed by atoms with Crippen LogP contribution in [0.3, 0.4) is 0 Å². The van der Waals surface area contributed by atoms with E-state index in [4.69, 9.17) is 0 Å². The fraction of sp³-hybridized carbons (Fsp3) is 0.158. The molecule has 0 fully saturated rings. The first kappa shape index (κ1) is 21.2. The molecule has 2 aromatic heterocycles. The highest BCUT2D eigenvalue weighted by molar-refractivity contribution is 7.09. The van der Waals surface area contributed by atoms with Gasteiger partial charge >= 0.3 is 6.36 Å². The maximum Gasteiger partial charge on any atom is 0.573 e. The van der Waals surface area contributed by atoms with Gasteiger partial charge in [0.15, 0.2) is 11.6 Å². The minimum atomic E-state index is -4.79.